The minimum atomic E-state index is -4.88. The number of benzene rings is 1. The Bertz CT molecular complexity index is 1500. The van der Waals surface area contributed by atoms with Gasteiger partial charge in [-0.3, -0.25) is 4.90 Å². The van der Waals surface area contributed by atoms with Gasteiger partial charge in [0.1, 0.15) is 11.9 Å². The summed E-state index contributed by atoms with van der Waals surface area (Å²) in [6.07, 6.45) is -6.10. The number of anilines is 2. The molecule has 2 fully saturated rings. The molecule has 2 atom stereocenters. The van der Waals surface area contributed by atoms with E-state index in [9.17, 15) is 38.1 Å². The molecule has 2 aliphatic rings. The number of aryl methyl sites for hydroxylation is 1. The smallest absolute Gasteiger partial charge is 0.429 e. The van der Waals surface area contributed by atoms with Crippen molar-refractivity contribution in [2.45, 2.75) is 51.1 Å². The SMILES string of the molecule is Cc1ccn(-c2cc(CO)ccc2[C@@H](Oc2cc(N3CCC4(CC3)C[C@@H](C(=O)O)N(C(=O)O)C4)nc(N)n2)C(F)(F)F)n1. The summed E-state index contributed by atoms with van der Waals surface area (Å²) in [5.74, 6) is -1.71. The Morgan fingerprint density at radius 2 is 1.88 bits per heavy atom. The van der Waals surface area contributed by atoms with E-state index in [0.717, 1.165) is 4.90 Å². The highest BCUT2D eigenvalue weighted by Crippen LogP contribution is 2.45. The topological polar surface area (TPSA) is 180 Å². The van der Waals surface area contributed by atoms with Crippen molar-refractivity contribution in [3.63, 3.8) is 0 Å². The van der Waals surface area contributed by atoms with Crippen LogP contribution >= 0.6 is 0 Å². The fraction of sp³-hybridized carbons (Fsp3) is 0.444. The number of piperidine rings is 1. The number of ether oxygens (including phenoxy) is 1. The lowest BCUT2D eigenvalue weighted by molar-refractivity contribution is -0.198. The second kappa shape index (κ2) is 11.2. The molecule has 1 spiro atoms. The Balaban J connectivity index is 1.40. The fourth-order valence-electron chi connectivity index (χ4n) is 5.79. The molecule has 0 saturated carbocycles. The third kappa shape index (κ3) is 6.14. The number of hydrogen-bond acceptors (Lipinski definition) is 9. The number of alkyl halides is 3. The molecule has 230 valence electrons. The zero-order valence-corrected chi connectivity index (χ0v) is 23.0. The molecule has 4 heterocycles. The van der Waals surface area contributed by atoms with Crippen molar-refractivity contribution in [2.24, 2.45) is 5.41 Å². The number of aromatic nitrogens is 4. The summed E-state index contributed by atoms with van der Waals surface area (Å²) in [4.78, 5) is 34.0. The highest BCUT2D eigenvalue weighted by Gasteiger charge is 2.50. The first-order valence-electron chi connectivity index (χ1n) is 13.4. The number of aliphatic carboxylic acids is 1. The van der Waals surface area contributed by atoms with Crippen molar-refractivity contribution >= 4 is 23.8 Å². The summed E-state index contributed by atoms with van der Waals surface area (Å²) in [5, 5.41) is 32.8. The van der Waals surface area contributed by atoms with E-state index < -0.39 is 41.7 Å². The number of carboxylic acid groups (broad SMARTS) is 2. The van der Waals surface area contributed by atoms with Gasteiger partial charge in [-0.15, -0.1) is 0 Å². The predicted octanol–water partition coefficient (Wildman–Crippen LogP) is 3.15. The van der Waals surface area contributed by atoms with Gasteiger partial charge in [0, 0.05) is 37.5 Å². The maximum absolute atomic E-state index is 14.5. The van der Waals surface area contributed by atoms with E-state index in [2.05, 4.69) is 15.1 Å². The monoisotopic (exact) mass is 605 g/mol. The molecule has 5 N–H and O–H groups in total. The standard InChI is InChI=1S/C27H30F3N7O6/c1-15-4-7-37(34-15)18-10-16(13-38)2-3-17(18)22(27(28,29)30)43-21-11-20(32-24(31)33-21)35-8-5-26(6-9-35)12-19(23(39)40)36(14-26)25(41)42/h2-4,7,10-11,19,22,38H,5-6,8-9,12-14H2,1H3,(H,39,40)(H,41,42)(H2,31,32,33)/t19-,22+/m0/s1. The maximum atomic E-state index is 14.5. The van der Waals surface area contributed by atoms with Crippen LogP contribution in [0.1, 0.15) is 42.2 Å². The summed E-state index contributed by atoms with van der Waals surface area (Å²) in [6.45, 7) is 2.05. The number of likely N-dealkylation sites (tertiary alicyclic amines) is 1. The van der Waals surface area contributed by atoms with Crippen LogP contribution in [-0.4, -0.2) is 83.9 Å². The second-order valence-electron chi connectivity index (χ2n) is 10.9. The normalized spacial score (nSPS) is 19.0. The number of nitrogens with zero attached hydrogens (tertiary/aromatic N) is 6. The Labute approximate surface area is 243 Å². The van der Waals surface area contributed by atoms with Crippen molar-refractivity contribution in [1.29, 1.82) is 0 Å². The van der Waals surface area contributed by atoms with Crippen LogP contribution in [0.2, 0.25) is 0 Å². The quantitative estimate of drug-likeness (QED) is 0.311. The molecule has 5 rings (SSSR count). The van der Waals surface area contributed by atoms with Crippen LogP contribution in [0.25, 0.3) is 5.69 Å². The molecule has 0 radical (unpaired) electrons. The fourth-order valence-corrected chi connectivity index (χ4v) is 5.79. The Hall–Kier alpha value is -4.60. The Morgan fingerprint density at radius 3 is 2.44 bits per heavy atom. The van der Waals surface area contributed by atoms with Crippen molar-refractivity contribution in [1.82, 2.24) is 24.6 Å². The lowest BCUT2D eigenvalue weighted by Crippen LogP contribution is -2.43. The lowest BCUT2D eigenvalue weighted by Gasteiger charge is -2.39. The van der Waals surface area contributed by atoms with Gasteiger partial charge in [0.05, 0.1) is 18.0 Å². The first kappa shape index (κ1) is 29.9. The molecule has 3 aromatic rings. The summed E-state index contributed by atoms with van der Waals surface area (Å²) in [6, 6.07) is 5.73. The average Bonchev–Trinajstić information content (AvgIpc) is 3.55. The minimum Gasteiger partial charge on any atom is -0.480 e. The van der Waals surface area contributed by atoms with Gasteiger partial charge in [-0.05, 0) is 49.3 Å². The van der Waals surface area contributed by atoms with Crippen LogP contribution in [0.3, 0.4) is 0 Å². The molecule has 2 saturated heterocycles. The third-order valence-electron chi connectivity index (χ3n) is 7.96. The number of rotatable bonds is 7. The minimum absolute atomic E-state index is 0.0668. The van der Waals surface area contributed by atoms with E-state index in [0.29, 0.717) is 37.2 Å². The number of nitrogen functional groups attached to an aromatic ring is 1. The molecule has 1 aromatic carbocycles. The van der Waals surface area contributed by atoms with E-state index in [1.807, 2.05) is 0 Å². The average molecular weight is 606 g/mol. The van der Waals surface area contributed by atoms with Gasteiger partial charge in [-0.25, -0.2) is 14.3 Å². The number of nitrogens with two attached hydrogens (primary N) is 1. The van der Waals surface area contributed by atoms with Crippen LogP contribution in [0.5, 0.6) is 5.88 Å². The van der Waals surface area contributed by atoms with E-state index in [-0.39, 0.29) is 42.6 Å². The van der Waals surface area contributed by atoms with Crippen molar-refractivity contribution in [3.05, 3.63) is 53.3 Å². The van der Waals surface area contributed by atoms with E-state index >= 15 is 0 Å². The van der Waals surface area contributed by atoms with Crippen LogP contribution in [0.4, 0.5) is 29.7 Å². The molecule has 2 aromatic heterocycles. The molecule has 13 nitrogen and oxygen atoms in total. The zero-order valence-electron chi connectivity index (χ0n) is 23.0. The Kier molecular flexibility index (Phi) is 7.81. The number of aliphatic hydroxyl groups is 1. The molecule has 2 aliphatic heterocycles. The van der Waals surface area contributed by atoms with E-state index in [4.69, 9.17) is 10.5 Å². The predicted molar refractivity (Wildman–Crippen MR) is 145 cm³/mol. The molecular weight excluding hydrogens is 575 g/mol. The van der Waals surface area contributed by atoms with Crippen molar-refractivity contribution < 1.29 is 42.8 Å². The van der Waals surface area contributed by atoms with E-state index in [1.165, 1.54) is 35.1 Å². The van der Waals surface area contributed by atoms with Crippen LogP contribution < -0.4 is 15.4 Å². The van der Waals surface area contributed by atoms with Gasteiger partial charge in [0.25, 0.3) is 0 Å². The summed E-state index contributed by atoms with van der Waals surface area (Å²) >= 11 is 0. The number of halogens is 3. The van der Waals surface area contributed by atoms with E-state index in [1.54, 1.807) is 17.9 Å². The van der Waals surface area contributed by atoms with Gasteiger partial charge >= 0.3 is 18.2 Å². The molecule has 43 heavy (non-hydrogen) atoms. The third-order valence-corrected chi connectivity index (χ3v) is 7.96. The number of aliphatic hydroxyl groups excluding tert-OH is 1. The highest BCUT2D eigenvalue weighted by molar-refractivity contribution is 5.80. The van der Waals surface area contributed by atoms with Gasteiger partial charge in [-0.1, -0.05) is 12.1 Å². The van der Waals surface area contributed by atoms with Crippen molar-refractivity contribution in [3.8, 4) is 11.6 Å². The molecular formula is C27H30F3N7O6. The van der Waals surface area contributed by atoms with Gasteiger partial charge in [0.15, 0.2) is 0 Å². The lowest BCUT2D eigenvalue weighted by atomic mass is 9.76. The molecule has 1 amide bonds. The van der Waals surface area contributed by atoms with Crippen LogP contribution in [0.15, 0.2) is 36.5 Å². The Morgan fingerprint density at radius 1 is 1.16 bits per heavy atom. The summed E-state index contributed by atoms with van der Waals surface area (Å²) in [5.41, 5.74) is 6.10. The van der Waals surface area contributed by atoms with Gasteiger partial charge in [0.2, 0.25) is 17.9 Å². The number of hydrogen-bond donors (Lipinski definition) is 4. The molecule has 16 heteroatoms. The van der Waals surface area contributed by atoms with Gasteiger partial charge in [-0.2, -0.15) is 28.2 Å². The molecule has 0 bridgehead atoms. The van der Waals surface area contributed by atoms with Gasteiger partial charge < -0.3 is 30.7 Å². The molecule has 0 aliphatic carbocycles. The second-order valence-corrected chi connectivity index (χ2v) is 10.9. The highest BCUT2D eigenvalue weighted by atomic mass is 19.4. The molecule has 0 unspecified atom stereocenters. The largest absolute Gasteiger partial charge is 0.480 e. The maximum Gasteiger partial charge on any atom is 0.429 e. The number of carboxylic acids is 1. The van der Waals surface area contributed by atoms with Crippen molar-refractivity contribution in [2.75, 3.05) is 30.3 Å². The summed E-state index contributed by atoms with van der Waals surface area (Å²) < 4.78 is 50.2. The number of carbonyl (C=O) groups is 2. The van der Waals surface area contributed by atoms with Crippen LogP contribution in [-0.2, 0) is 11.4 Å². The van der Waals surface area contributed by atoms with Crippen LogP contribution in [0, 0.1) is 12.3 Å². The zero-order chi connectivity index (χ0) is 31.1. The first-order valence-corrected chi connectivity index (χ1v) is 13.4. The first-order chi connectivity index (χ1) is 20.3. The summed E-state index contributed by atoms with van der Waals surface area (Å²) in [7, 11) is 0. The number of amides is 1.